The predicted octanol–water partition coefficient (Wildman–Crippen LogP) is 4.63. The van der Waals surface area contributed by atoms with Gasteiger partial charge in [-0.1, -0.05) is 29.8 Å². The van der Waals surface area contributed by atoms with Crippen LogP contribution < -0.4 is 15.1 Å². The van der Waals surface area contributed by atoms with Gasteiger partial charge in [-0.2, -0.15) is 5.10 Å². The molecule has 0 atom stereocenters. The van der Waals surface area contributed by atoms with Crippen LogP contribution in [-0.2, 0) is 6.42 Å². The lowest BCUT2D eigenvalue weighted by molar-refractivity contribution is 0.308. The number of piperidine rings is 1. The molecule has 7 heteroatoms. The molecular weight excluding hydrogens is 400 g/mol. The van der Waals surface area contributed by atoms with E-state index in [1.165, 1.54) is 24.8 Å². The lowest BCUT2D eigenvalue weighted by atomic mass is 10.1. The van der Waals surface area contributed by atoms with Gasteiger partial charge in [-0.15, -0.1) is 0 Å². The second kappa shape index (κ2) is 11.2. The number of ether oxygens (including phenoxy) is 1. The smallest absolute Gasteiger partial charge is 0.152 e. The first-order chi connectivity index (χ1) is 15.8. The van der Waals surface area contributed by atoms with Crippen molar-refractivity contribution in [3.8, 4) is 5.75 Å². The van der Waals surface area contributed by atoms with Gasteiger partial charge in [0.15, 0.2) is 5.82 Å². The van der Waals surface area contributed by atoms with Gasteiger partial charge in [-0.3, -0.25) is 10.4 Å². The summed E-state index contributed by atoms with van der Waals surface area (Å²) in [5, 5.41) is 4.40. The summed E-state index contributed by atoms with van der Waals surface area (Å²) in [5.41, 5.74) is 5.36. The maximum Gasteiger partial charge on any atom is 0.152 e. The number of nitrogens with one attached hydrogen (secondary N) is 1. The number of aromatic nitrogens is 3. The van der Waals surface area contributed by atoms with Gasteiger partial charge < -0.3 is 9.64 Å². The minimum atomic E-state index is 0.595. The molecule has 1 saturated heterocycles. The highest BCUT2D eigenvalue weighted by Gasteiger charge is 2.14. The van der Waals surface area contributed by atoms with Gasteiger partial charge >= 0.3 is 0 Å². The molecule has 32 heavy (non-hydrogen) atoms. The van der Waals surface area contributed by atoms with Gasteiger partial charge in [0.1, 0.15) is 17.4 Å². The van der Waals surface area contributed by atoms with Gasteiger partial charge in [-0.05, 0) is 50.3 Å². The summed E-state index contributed by atoms with van der Waals surface area (Å²) in [6.45, 7) is 4.74. The fraction of sp³-hybridized carbons (Fsp3) is 0.360. The molecule has 1 aliphatic rings. The van der Waals surface area contributed by atoms with Crippen LogP contribution in [-0.4, -0.2) is 40.9 Å². The molecule has 0 unspecified atom stereocenters. The molecular formula is C25H30N6O. The Hall–Kier alpha value is -3.48. The summed E-state index contributed by atoms with van der Waals surface area (Å²) < 4.78 is 5.76. The molecule has 7 nitrogen and oxygen atoms in total. The fourth-order valence-corrected chi connectivity index (χ4v) is 3.71. The van der Waals surface area contributed by atoms with Crippen molar-refractivity contribution in [1.29, 1.82) is 0 Å². The molecule has 0 amide bonds. The highest BCUT2D eigenvalue weighted by molar-refractivity contribution is 5.80. The van der Waals surface area contributed by atoms with E-state index in [0.29, 0.717) is 12.4 Å². The minimum Gasteiger partial charge on any atom is -0.492 e. The van der Waals surface area contributed by atoms with Crippen molar-refractivity contribution in [3.05, 3.63) is 71.8 Å². The molecule has 0 bridgehead atoms. The van der Waals surface area contributed by atoms with Gasteiger partial charge in [0.2, 0.25) is 0 Å². The van der Waals surface area contributed by atoms with E-state index in [2.05, 4.69) is 39.5 Å². The summed E-state index contributed by atoms with van der Waals surface area (Å²) in [4.78, 5) is 15.9. The number of hydrogen-bond donors (Lipinski definition) is 1. The van der Waals surface area contributed by atoms with E-state index in [0.717, 1.165) is 48.9 Å². The molecule has 166 valence electrons. The number of anilines is 2. The van der Waals surface area contributed by atoms with E-state index in [1.807, 2.05) is 36.5 Å². The van der Waals surface area contributed by atoms with Gasteiger partial charge in [-0.25, -0.2) is 9.97 Å². The summed E-state index contributed by atoms with van der Waals surface area (Å²) >= 11 is 0. The molecule has 0 spiro atoms. The Morgan fingerprint density at radius 3 is 2.81 bits per heavy atom. The number of hydrazone groups is 1. The van der Waals surface area contributed by atoms with Gasteiger partial charge in [0.05, 0.1) is 19.0 Å². The summed E-state index contributed by atoms with van der Waals surface area (Å²) in [6.07, 6.45) is 10.5. The molecule has 1 aliphatic heterocycles. The Labute approximate surface area is 189 Å². The summed E-state index contributed by atoms with van der Waals surface area (Å²) in [7, 11) is 0. The van der Waals surface area contributed by atoms with Crippen molar-refractivity contribution in [3.63, 3.8) is 0 Å². The van der Waals surface area contributed by atoms with E-state index < -0.39 is 0 Å². The number of benzene rings is 1. The third kappa shape index (κ3) is 6.51. The van der Waals surface area contributed by atoms with Crippen LogP contribution in [0.5, 0.6) is 5.75 Å². The van der Waals surface area contributed by atoms with Crippen LogP contribution in [0, 0.1) is 6.92 Å². The normalized spacial score (nSPS) is 14.0. The average molecular weight is 431 g/mol. The van der Waals surface area contributed by atoms with Crippen LogP contribution in [0.3, 0.4) is 0 Å². The highest BCUT2D eigenvalue weighted by atomic mass is 16.5. The molecule has 3 aromatic rings. The van der Waals surface area contributed by atoms with E-state index in [-0.39, 0.29) is 0 Å². The zero-order valence-electron chi connectivity index (χ0n) is 18.6. The van der Waals surface area contributed by atoms with Crippen molar-refractivity contribution in [2.75, 3.05) is 30.0 Å². The zero-order chi connectivity index (χ0) is 22.0. The third-order valence-electron chi connectivity index (χ3n) is 5.32. The number of nitrogens with zero attached hydrogens (tertiary/aromatic N) is 5. The second-order valence-corrected chi connectivity index (χ2v) is 8.00. The fourth-order valence-electron chi connectivity index (χ4n) is 3.71. The quantitative estimate of drug-likeness (QED) is 0.303. The molecule has 0 aliphatic carbocycles. The van der Waals surface area contributed by atoms with Crippen molar-refractivity contribution in [1.82, 2.24) is 15.0 Å². The van der Waals surface area contributed by atoms with Crippen molar-refractivity contribution in [2.24, 2.45) is 5.10 Å². The van der Waals surface area contributed by atoms with Crippen LogP contribution >= 0.6 is 0 Å². The van der Waals surface area contributed by atoms with E-state index >= 15 is 0 Å². The third-order valence-corrected chi connectivity index (χ3v) is 5.32. The summed E-state index contributed by atoms with van der Waals surface area (Å²) in [6, 6.07) is 14.0. The molecule has 2 aromatic heterocycles. The Morgan fingerprint density at radius 1 is 1.09 bits per heavy atom. The summed E-state index contributed by atoms with van der Waals surface area (Å²) in [5.74, 6) is 3.27. The van der Waals surface area contributed by atoms with E-state index in [4.69, 9.17) is 14.7 Å². The average Bonchev–Trinajstić information content (AvgIpc) is 2.83. The molecule has 3 heterocycles. The maximum atomic E-state index is 5.76. The largest absolute Gasteiger partial charge is 0.492 e. The first-order valence-electron chi connectivity index (χ1n) is 11.3. The van der Waals surface area contributed by atoms with Gasteiger partial charge in [0, 0.05) is 31.8 Å². The van der Waals surface area contributed by atoms with Crippen molar-refractivity contribution < 1.29 is 4.74 Å². The molecule has 4 rings (SSSR count). The van der Waals surface area contributed by atoms with E-state index in [1.54, 1.807) is 12.4 Å². The van der Waals surface area contributed by atoms with Crippen molar-refractivity contribution >= 4 is 17.9 Å². The first kappa shape index (κ1) is 21.7. The topological polar surface area (TPSA) is 75.5 Å². The van der Waals surface area contributed by atoms with Gasteiger partial charge in [0.25, 0.3) is 0 Å². The Morgan fingerprint density at radius 2 is 2.00 bits per heavy atom. The maximum absolute atomic E-state index is 5.76. The number of pyridine rings is 1. The number of hydrogen-bond acceptors (Lipinski definition) is 7. The van der Waals surface area contributed by atoms with Crippen LogP contribution in [0.1, 0.15) is 42.6 Å². The second-order valence-electron chi connectivity index (χ2n) is 8.00. The lowest BCUT2D eigenvalue weighted by Crippen LogP contribution is -2.30. The van der Waals surface area contributed by atoms with Crippen LogP contribution in [0.4, 0.5) is 11.6 Å². The minimum absolute atomic E-state index is 0.595. The van der Waals surface area contributed by atoms with Crippen LogP contribution in [0.15, 0.2) is 60.0 Å². The number of aryl methyl sites for hydroxylation is 2. The SMILES string of the molecule is Cc1cccc(/C=N/Nc2cc(N3CCCCC3)nc(CCCOc3cccnc3)n2)c1. The molecule has 1 aromatic carbocycles. The number of rotatable bonds is 9. The molecule has 0 radical (unpaired) electrons. The first-order valence-corrected chi connectivity index (χ1v) is 11.3. The van der Waals surface area contributed by atoms with Crippen LogP contribution in [0.25, 0.3) is 0 Å². The Bertz CT molecular complexity index is 1020. The Balaban J connectivity index is 1.42. The molecule has 0 saturated carbocycles. The predicted molar refractivity (Wildman–Crippen MR) is 129 cm³/mol. The lowest BCUT2D eigenvalue weighted by Gasteiger charge is -2.28. The highest BCUT2D eigenvalue weighted by Crippen LogP contribution is 2.21. The van der Waals surface area contributed by atoms with Crippen molar-refractivity contribution in [2.45, 2.75) is 39.0 Å². The Kier molecular flexibility index (Phi) is 7.63. The monoisotopic (exact) mass is 430 g/mol. The van der Waals surface area contributed by atoms with Crippen LogP contribution in [0.2, 0.25) is 0 Å². The molecule has 1 fully saturated rings. The van der Waals surface area contributed by atoms with E-state index in [9.17, 15) is 0 Å². The molecule has 1 N–H and O–H groups in total. The standard InChI is InChI=1S/C25H30N6O/c1-20-8-5-9-21(16-20)18-27-30-24-17-25(31-13-3-2-4-14-31)29-23(28-24)11-7-15-32-22-10-6-12-26-19-22/h5-6,8-10,12,16-19H,2-4,7,11,13-15H2,1H3,(H,28,29,30)/b27-18+. The zero-order valence-corrected chi connectivity index (χ0v) is 18.6.